The van der Waals surface area contributed by atoms with Gasteiger partial charge < -0.3 is 4.57 Å². The highest BCUT2D eigenvalue weighted by atomic mass is 32.1. The van der Waals surface area contributed by atoms with E-state index in [0.29, 0.717) is 11.5 Å². The van der Waals surface area contributed by atoms with Gasteiger partial charge in [0.2, 0.25) is 0 Å². The molecule has 3 rings (SSSR count). The average Bonchev–Trinajstić information content (AvgIpc) is 3.07. The van der Waals surface area contributed by atoms with E-state index in [9.17, 15) is 0 Å². The molecule has 4 heteroatoms. The molecule has 106 valence electrons. The molecule has 0 saturated carbocycles. The number of nitriles is 1. The van der Waals surface area contributed by atoms with Crippen molar-refractivity contribution < 1.29 is 0 Å². The summed E-state index contributed by atoms with van der Waals surface area (Å²) >= 11 is 1.71. The van der Waals surface area contributed by atoms with Crippen molar-refractivity contribution in [1.29, 1.82) is 5.26 Å². The van der Waals surface area contributed by atoms with Gasteiger partial charge in [-0.1, -0.05) is 13.8 Å². The Kier molecular flexibility index (Phi) is 3.76. The minimum absolute atomic E-state index is 0.555. The fraction of sp³-hybridized carbons (Fsp3) is 0.294. The summed E-state index contributed by atoms with van der Waals surface area (Å²) in [5, 5.41) is 13.3. The van der Waals surface area contributed by atoms with E-state index in [1.54, 1.807) is 11.3 Å². The van der Waals surface area contributed by atoms with Crippen LogP contribution < -0.4 is 0 Å². The van der Waals surface area contributed by atoms with Crippen molar-refractivity contribution in [2.75, 3.05) is 0 Å². The highest BCUT2D eigenvalue weighted by Crippen LogP contribution is 2.22. The first kappa shape index (κ1) is 13.8. The summed E-state index contributed by atoms with van der Waals surface area (Å²) in [5.41, 5.74) is 3.99. The van der Waals surface area contributed by atoms with Crippen LogP contribution in [0.3, 0.4) is 0 Å². The van der Waals surface area contributed by atoms with Crippen LogP contribution in [-0.4, -0.2) is 9.55 Å². The number of benzene rings is 1. The predicted molar refractivity (Wildman–Crippen MR) is 86.4 cm³/mol. The van der Waals surface area contributed by atoms with Crippen LogP contribution in [0, 0.1) is 17.2 Å². The molecule has 0 fully saturated rings. The number of thiophene rings is 1. The average molecular weight is 295 g/mol. The maximum atomic E-state index is 9.04. The molecule has 2 aromatic heterocycles. The van der Waals surface area contributed by atoms with E-state index >= 15 is 0 Å². The van der Waals surface area contributed by atoms with Crippen molar-refractivity contribution in [2.24, 2.45) is 5.92 Å². The smallest absolute Gasteiger partial charge is 0.114 e. The molecule has 0 aliphatic heterocycles. The Bertz CT molecular complexity index is 791. The number of rotatable bonds is 4. The van der Waals surface area contributed by atoms with Crippen LogP contribution in [0.5, 0.6) is 0 Å². The zero-order valence-electron chi connectivity index (χ0n) is 12.2. The second-order valence-electron chi connectivity index (χ2n) is 5.66. The van der Waals surface area contributed by atoms with Gasteiger partial charge >= 0.3 is 0 Å². The second kappa shape index (κ2) is 5.71. The van der Waals surface area contributed by atoms with E-state index in [4.69, 9.17) is 10.2 Å². The second-order valence-corrected chi connectivity index (χ2v) is 6.44. The number of fused-ring (bicyclic) bond motifs is 1. The van der Waals surface area contributed by atoms with Gasteiger partial charge in [-0.25, -0.2) is 4.98 Å². The highest BCUT2D eigenvalue weighted by Gasteiger charge is 2.13. The SMILES string of the molecule is CC(C)Cn1c(Cc2ccsc2)nc2cc(C#N)ccc21. The van der Waals surface area contributed by atoms with Crippen molar-refractivity contribution in [2.45, 2.75) is 26.8 Å². The van der Waals surface area contributed by atoms with Gasteiger partial charge in [-0.05, 0) is 46.5 Å². The van der Waals surface area contributed by atoms with Crippen molar-refractivity contribution >= 4 is 22.4 Å². The summed E-state index contributed by atoms with van der Waals surface area (Å²) in [4.78, 5) is 4.77. The molecule has 1 aromatic carbocycles. The maximum absolute atomic E-state index is 9.04. The number of imidazole rings is 1. The molecule has 0 N–H and O–H groups in total. The normalized spacial score (nSPS) is 11.1. The summed E-state index contributed by atoms with van der Waals surface area (Å²) in [7, 11) is 0. The van der Waals surface area contributed by atoms with Crippen LogP contribution in [-0.2, 0) is 13.0 Å². The Labute approximate surface area is 128 Å². The fourth-order valence-electron chi connectivity index (χ4n) is 2.53. The van der Waals surface area contributed by atoms with E-state index in [1.807, 2.05) is 18.2 Å². The summed E-state index contributed by atoms with van der Waals surface area (Å²) < 4.78 is 2.29. The molecule has 3 nitrogen and oxygen atoms in total. The molecule has 0 amide bonds. The third kappa shape index (κ3) is 2.84. The van der Waals surface area contributed by atoms with Crippen LogP contribution in [0.1, 0.15) is 30.8 Å². The number of hydrogen-bond acceptors (Lipinski definition) is 3. The fourth-order valence-corrected chi connectivity index (χ4v) is 3.20. The lowest BCUT2D eigenvalue weighted by Crippen LogP contribution is -2.08. The Balaban J connectivity index is 2.10. The third-order valence-electron chi connectivity index (χ3n) is 3.45. The molecule has 3 aromatic rings. The third-order valence-corrected chi connectivity index (χ3v) is 4.18. The molecule has 0 aliphatic carbocycles. The molecule has 21 heavy (non-hydrogen) atoms. The number of hydrogen-bond donors (Lipinski definition) is 0. The van der Waals surface area contributed by atoms with Crippen molar-refractivity contribution in [3.63, 3.8) is 0 Å². The van der Waals surface area contributed by atoms with Gasteiger partial charge in [0.25, 0.3) is 0 Å². The quantitative estimate of drug-likeness (QED) is 0.723. The monoisotopic (exact) mass is 295 g/mol. The van der Waals surface area contributed by atoms with Crippen molar-refractivity contribution in [3.8, 4) is 6.07 Å². The lowest BCUT2D eigenvalue weighted by Gasteiger charge is -2.11. The maximum Gasteiger partial charge on any atom is 0.114 e. The largest absolute Gasteiger partial charge is 0.327 e. The first-order valence-electron chi connectivity index (χ1n) is 7.07. The highest BCUT2D eigenvalue weighted by molar-refractivity contribution is 7.07. The van der Waals surface area contributed by atoms with Gasteiger partial charge in [-0.3, -0.25) is 0 Å². The first-order valence-corrected chi connectivity index (χ1v) is 8.02. The zero-order chi connectivity index (χ0) is 14.8. The van der Waals surface area contributed by atoms with Gasteiger partial charge in [0.15, 0.2) is 0 Å². The van der Waals surface area contributed by atoms with Gasteiger partial charge in [0.1, 0.15) is 5.82 Å². The molecular weight excluding hydrogens is 278 g/mol. The van der Waals surface area contributed by atoms with Gasteiger partial charge in [-0.2, -0.15) is 16.6 Å². The minimum Gasteiger partial charge on any atom is -0.327 e. The van der Waals surface area contributed by atoms with Crippen LogP contribution in [0.15, 0.2) is 35.0 Å². The van der Waals surface area contributed by atoms with Gasteiger partial charge in [-0.15, -0.1) is 0 Å². The first-order chi connectivity index (χ1) is 10.2. The molecular formula is C17H17N3S. The molecule has 0 radical (unpaired) electrons. The topological polar surface area (TPSA) is 41.6 Å². The number of aromatic nitrogens is 2. The molecule has 0 unspecified atom stereocenters. The van der Waals surface area contributed by atoms with Crippen LogP contribution >= 0.6 is 11.3 Å². The lowest BCUT2D eigenvalue weighted by atomic mass is 10.2. The van der Waals surface area contributed by atoms with E-state index in [1.165, 1.54) is 5.56 Å². The summed E-state index contributed by atoms with van der Waals surface area (Å²) in [6, 6.07) is 10.1. The van der Waals surface area contributed by atoms with Crippen LogP contribution in [0.4, 0.5) is 0 Å². The molecule has 0 atom stereocenters. The Morgan fingerprint density at radius 2 is 2.19 bits per heavy atom. The molecule has 2 heterocycles. The van der Waals surface area contributed by atoms with E-state index in [-0.39, 0.29) is 0 Å². The summed E-state index contributed by atoms with van der Waals surface area (Å²) in [5.74, 6) is 1.63. The van der Waals surface area contributed by atoms with Crippen molar-refractivity contribution in [1.82, 2.24) is 9.55 Å². The molecule has 0 saturated heterocycles. The van der Waals surface area contributed by atoms with Crippen LogP contribution in [0.25, 0.3) is 11.0 Å². The summed E-state index contributed by atoms with van der Waals surface area (Å²) in [6.45, 7) is 5.37. The van der Waals surface area contributed by atoms with Gasteiger partial charge in [0.05, 0.1) is 22.7 Å². The molecule has 0 bridgehead atoms. The van der Waals surface area contributed by atoms with E-state index in [0.717, 1.165) is 29.8 Å². The molecule has 0 spiro atoms. The Morgan fingerprint density at radius 1 is 1.33 bits per heavy atom. The zero-order valence-corrected chi connectivity index (χ0v) is 13.0. The van der Waals surface area contributed by atoms with Gasteiger partial charge in [0, 0.05) is 13.0 Å². The summed E-state index contributed by atoms with van der Waals surface area (Å²) in [6.07, 6.45) is 0.840. The van der Waals surface area contributed by atoms with Crippen molar-refractivity contribution in [3.05, 3.63) is 52.0 Å². The Morgan fingerprint density at radius 3 is 2.86 bits per heavy atom. The predicted octanol–water partition coefficient (Wildman–Crippen LogP) is 4.22. The number of nitrogens with zero attached hydrogens (tertiary/aromatic N) is 3. The standard InChI is InChI=1S/C17H17N3S/c1-12(2)10-20-16-4-3-13(9-18)7-15(16)19-17(20)8-14-5-6-21-11-14/h3-7,11-12H,8,10H2,1-2H3. The minimum atomic E-state index is 0.555. The molecule has 0 aliphatic rings. The Hall–Kier alpha value is -2.12. The lowest BCUT2D eigenvalue weighted by molar-refractivity contribution is 0.520. The van der Waals surface area contributed by atoms with E-state index in [2.05, 4.69) is 41.3 Å². The van der Waals surface area contributed by atoms with E-state index < -0.39 is 0 Å². The van der Waals surface area contributed by atoms with Crippen LogP contribution in [0.2, 0.25) is 0 Å².